The van der Waals surface area contributed by atoms with Gasteiger partial charge in [-0.25, -0.2) is 4.98 Å². The molecule has 1 aliphatic rings. The Morgan fingerprint density at radius 1 is 1.32 bits per heavy atom. The number of aromatic nitrogens is 3. The molecule has 1 unspecified atom stereocenters. The summed E-state index contributed by atoms with van der Waals surface area (Å²) < 4.78 is 1.79. The fraction of sp³-hybridized carbons (Fsp3) is 0.409. The van der Waals surface area contributed by atoms with Crippen LogP contribution in [0.1, 0.15) is 59.9 Å². The Bertz CT molecular complexity index is 1040. The smallest absolute Gasteiger partial charge is 0.254 e. The molecule has 28 heavy (non-hydrogen) atoms. The lowest BCUT2D eigenvalue weighted by molar-refractivity contribution is 0.0929. The molecule has 1 N–H and O–H groups in total. The van der Waals surface area contributed by atoms with E-state index in [2.05, 4.69) is 53.5 Å². The second kappa shape index (κ2) is 7.59. The van der Waals surface area contributed by atoms with E-state index in [0.717, 1.165) is 40.9 Å². The largest absolute Gasteiger partial charge is 0.345 e. The summed E-state index contributed by atoms with van der Waals surface area (Å²) in [6.07, 6.45) is 4.85. The number of rotatable bonds is 4. The highest BCUT2D eigenvalue weighted by molar-refractivity contribution is 8.00. The molecule has 1 aliphatic carbocycles. The SMILES string of the molecule is Cc1nn(C)c2ncc(C(=O)NC3CCCc4ccccc43)c(SC(C)C)c12. The number of amides is 1. The van der Waals surface area contributed by atoms with Gasteiger partial charge in [-0.05, 0) is 37.3 Å². The predicted molar refractivity (Wildman–Crippen MR) is 114 cm³/mol. The van der Waals surface area contributed by atoms with Crippen molar-refractivity contribution >= 4 is 28.7 Å². The zero-order chi connectivity index (χ0) is 19.8. The quantitative estimate of drug-likeness (QED) is 0.658. The molecular formula is C22H26N4OS. The maximum Gasteiger partial charge on any atom is 0.254 e. The third-order valence-electron chi connectivity index (χ3n) is 5.25. The van der Waals surface area contributed by atoms with E-state index in [1.165, 1.54) is 11.1 Å². The molecule has 146 valence electrons. The second-order valence-corrected chi connectivity index (χ2v) is 9.28. The molecule has 0 bridgehead atoms. The van der Waals surface area contributed by atoms with Crippen molar-refractivity contribution in [3.8, 4) is 0 Å². The van der Waals surface area contributed by atoms with E-state index in [4.69, 9.17) is 0 Å². The Labute approximate surface area is 169 Å². The van der Waals surface area contributed by atoms with Crippen LogP contribution in [0.2, 0.25) is 0 Å². The van der Waals surface area contributed by atoms with Gasteiger partial charge in [-0.2, -0.15) is 5.10 Å². The highest BCUT2D eigenvalue weighted by Gasteiger charge is 2.25. The lowest BCUT2D eigenvalue weighted by Crippen LogP contribution is -2.31. The maximum absolute atomic E-state index is 13.3. The number of thioether (sulfide) groups is 1. The number of nitrogens with one attached hydrogen (secondary N) is 1. The van der Waals surface area contributed by atoms with Crippen LogP contribution in [-0.4, -0.2) is 25.9 Å². The van der Waals surface area contributed by atoms with Crippen molar-refractivity contribution in [3.05, 3.63) is 52.8 Å². The number of nitrogens with zero attached hydrogens (tertiary/aromatic N) is 3. The number of benzene rings is 1. The first-order valence-corrected chi connectivity index (χ1v) is 10.7. The van der Waals surface area contributed by atoms with Gasteiger partial charge in [0.25, 0.3) is 5.91 Å². The van der Waals surface area contributed by atoms with Crippen molar-refractivity contribution in [2.75, 3.05) is 0 Å². The summed E-state index contributed by atoms with van der Waals surface area (Å²) in [5, 5.41) is 9.13. The molecule has 0 saturated carbocycles. The van der Waals surface area contributed by atoms with Crippen LogP contribution in [-0.2, 0) is 13.5 Å². The highest BCUT2D eigenvalue weighted by atomic mass is 32.2. The van der Waals surface area contributed by atoms with Gasteiger partial charge in [0, 0.05) is 23.4 Å². The Balaban J connectivity index is 1.73. The van der Waals surface area contributed by atoms with E-state index in [0.29, 0.717) is 10.8 Å². The average Bonchev–Trinajstić information content (AvgIpc) is 2.96. The minimum Gasteiger partial charge on any atom is -0.345 e. The van der Waals surface area contributed by atoms with Gasteiger partial charge in [-0.15, -0.1) is 11.8 Å². The van der Waals surface area contributed by atoms with Gasteiger partial charge in [0.05, 0.1) is 22.7 Å². The number of carbonyl (C=O) groups is 1. The zero-order valence-corrected chi connectivity index (χ0v) is 17.6. The Morgan fingerprint density at radius 2 is 2.11 bits per heavy atom. The lowest BCUT2D eigenvalue weighted by Gasteiger charge is -2.26. The molecule has 0 fully saturated rings. The topological polar surface area (TPSA) is 59.8 Å². The average molecular weight is 395 g/mol. The number of pyridine rings is 1. The van der Waals surface area contributed by atoms with Crippen molar-refractivity contribution in [2.45, 2.75) is 56.2 Å². The van der Waals surface area contributed by atoms with Crippen LogP contribution in [0.4, 0.5) is 0 Å². The minimum absolute atomic E-state index is 0.0532. The highest BCUT2D eigenvalue weighted by Crippen LogP contribution is 2.36. The van der Waals surface area contributed by atoms with E-state index < -0.39 is 0 Å². The van der Waals surface area contributed by atoms with E-state index >= 15 is 0 Å². The summed E-state index contributed by atoms with van der Waals surface area (Å²) in [4.78, 5) is 18.8. The van der Waals surface area contributed by atoms with Crippen molar-refractivity contribution < 1.29 is 4.79 Å². The summed E-state index contributed by atoms with van der Waals surface area (Å²) in [6, 6.07) is 8.48. The fourth-order valence-electron chi connectivity index (χ4n) is 4.04. The molecule has 6 heteroatoms. The van der Waals surface area contributed by atoms with Crippen LogP contribution in [0.25, 0.3) is 11.0 Å². The first-order chi connectivity index (χ1) is 13.5. The summed E-state index contributed by atoms with van der Waals surface area (Å²) in [6.45, 7) is 6.26. The van der Waals surface area contributed by atoms with Crippen LogP contribution < -0.4 is 5.32 Å². The van der Waals surface area contributed by atoms with Crippen molar-refractivity contribution in [1.29, 1.82) is 0 Å². The standard InChI is InChI=1S/C22H26N4OS/c1-13(2)28-20-17(12-23-21-19(20)14(3)25-26(21)4)22(27)24-18-11-7-9-15-8-5-6-10-16(15)18/h5-6,8,10,12-13,18H,7,9,11H2,1-4H3,(H,24,27). The Hall–Kier alpha value is -2.34. The van der Waals surface area contributed by atoms with E-state index in [1.54, 1.807) is 22.6 Å². The third-order valence-corrected chi connectivity index (χ3v) is 6.38. The van der Waals surface area contributed by atoms with Gasteiger partial charge in [0.15, 0.2) is 5.65 Å². The van der Waals surface area contributed by atoms with E-state index in [9.17, 15) is 4.79 Å². The normalized spacial score (nSPS) is 16.4. The molecule has 2 heterocycles. The molecular weight excluding hydrogens is 368 g/mol. The van der Waals surface area contributed by atoms with Crippen LogP contribution in [0, 0.1) is 6.92 Å². The molecule has 1 aromatic carbocycles. The van der Waals surface area contributed by atoms with Gasteiger partial charge in [-0.1, -0.05) is 38.1 Å². The van der Waals surface area contributed by atoms with Gasteiger partial charge in [0.1, 0.15) is 0 Å². The van der Waals surface area contributed by atoms with Crippen LogP contribution >= 0.6 is 11.8 Å². The summed E-state index contributed by atoms with van der Waals surface area (Å²) in [7, 11) is 1.89. The summed E-state index contributed by atoms with van der Waals surface area (Å²) >= 11 is 1.70. The zero-order valence-electron chi connectivity index (χ0n) is 16.8. The first kappa shape index (κ1) is 19.0. The first-order valence-electron chi connectivity index (χ1n) is 9.83. The number of aryl methyl sites for hydroxylation is 3. The maximum atomic E-state index is 13.3. The number of hydrogen-bond acceptors (Lipinski definition) is 4. The molecule has 0 radical (unpaired) electrons. The minimum atomic E-state index is -0.0532. The van der Waals surface area contributed by atoms with Gasteiger partial charge >= 0.3 is 0 Å². The summed E-state index contributed by atoms with van der Waals surface area (Å²) in [5.41, 5.74) is 4.95. The van der Waals surface area contributed by atoms with Gasteiger partial charge < -0.3 is 5.32 Å². The molecule has 5 nitrogen and oxygen atoms in total. The number of fused-ring (bicyclic) bond motifs is 2. The van der Waals surface area contributed by atoms with Crippen molar-refractivity contribution in [2.24, 2.45) is 7.05 Å². The number of hydrogen-bond donors (Lipinski definition) is 1. The number of carbonyl (C=O) groups excluding carboxylic acids is 1. The predicted octanol–water partition coefficient (Wildman–Crippen LogP) is 4.58. The molecule has 1 amide bonds. The monoisotopic (exact) mass is 394 g/mol. The molecule has 0 saturated heterocycles. The van der Waals surface area contributed by atoms with Crippen LogP contribution in [0.15, 0.2) is 35.4 Å². The molecule has 0 spiro atoms. The van der Waals surface area contributed by atoms with Crippen LogP contribution in [0.5, 0.6) is 0 Å². The van der Waals surface area contributed by atoms with E-state index in [1.807, 2.05) is 14.0 Å². The van der Waals surface area contributed by atoms with Crippen LogP contribution in [0.3, 0.4) is 0 Å². The molecule has 4 rings (SSSR count). The molecule has 0 aliphatic heterocycles. The molecule has 2 aromatic heterocycles. The van der Waals surface area contributed by atoms with Gasteiger partial charge in [0.2, 0.25) is 0 Å². The van der Waals surface area contributed by atoms with Crippen molar-refractivity contribution in [1.82, 2.24) is 20.1 Å². The lowest BCUT2D eigenvalue weighted by atomic mass is 9.87. The molecule has 3 aromatic rings. The summed E-state index contributed by atoms with van der Waals surface area (Å²) in [5.74, 6) is -0.0532. The molecule has 1 atom stereocenters. The van der Waals surface area contributed by atoms with E-state index in [-0.39, 0.29) is 11.9 Å². The Morgan fingerprint density at radius 3 is 2.89 bits per heavy atom. The van der Waals surface area contributed by atoms with Crippen molar-refractivity contribution in [3.63, 3.8) is 0 Å². The second-order valence-electron chi connectivity index (χ2n) is 7.69. The van der Waals surface area contributed by atoms with Gasteiger partial charge in [-0.3, -0.25) is 9.48 Å². The Kier molecular flexibility index (Phi) is 5.15. The third kappa shape index (κ3) is 3.41. The fourth-order valence-corrected chi connectivity index (χ4v) is 5.14.